The second-order valence-corrected chi connectivity index (χ2v) is 7.50. The van der Waals surface area contributed by atoms with Crippen molar-refractivity contribution in [3.8, 4) is 0 Å². The first-order valence-electron chi connectivity index (χ1n) is 9.19. The van der Waals surface area contributed by atoms with Crippen LogP contribution in [-0.4, -0.2) is 25.6 Å². The van der Waals surface area contributed by atoms with Crippen molar-refractivity contribution in [3.63, 3.8) is 0 Å². The van der Waals surface area contributed by atoms with E-state index in [1.807, 2.05) is 0 Å². The van der Waals surface area contributed by atoms with E-state index in [0.717, 1.165) is 12.1 Å². The van der Waals surface area contributed by atoms with Crippen LogP contribution in [0.4, 0.5) is 32.2 Å². The van der Waals surface area contributed by atoms with Crippen LogP contribution in [0.1, 0.15) is 41.6 Å². The van der Waals surface area contributed by atoms with Crippen LogP contribution in [-0.2, 0) is 24.9 Å². The Bertz CT molecular complexity index is 1120. The smallest absolute Gasteiger partial charge is 0.367 e. The molecule has 0 bridgehead atoms. The Labute approximate surface area is 167 Å². The summed E-state index contributed by atoms with van der Waals surface area (Å²) in [7, 11) is 0. The molecule has 3 aromatic rings. The first-order chi connectivity index (χ1) is 13.9. The predicted octanol–water partition coefficient (Wildman–Crippen LogP) is 4.67. The number of aromatic nitrogens is 4. The Morgan fingerprint density at radius 3 is 2.47 bits per heavy atom. The summed E-state index contributed by atoms with van der Waals surface area (Å²) >= 11 is 0. The highest BCUT2D eigenvalue weighted by molar-refractivity contribution is 5.47. The maximum absolute atomic E-state index is 14.0. The summed E-state index contributed by atoms with van der Waals surface area (Å²) in [5.41, 5.74) is 0.187. The summed E-state index contributed by atoms with van der Waals surface area (Å²) < 4.78 is 81.1. The summed E-state index contributed by atoms with van der Waals surface area (Å²) in [5, 5.41) is 7.00. The van der Waals surface area contributed by atoms with Crippen molar-refractivity contribution < 1.29 is 26.3 Å². The van der Waals surface area contributed by atoms with Crippen LogP contribution in [0.3, 0.4) is 0 Å². The molecule has 30 heavy (non-hydrogen) atoms. The lowest BCUT2D eigenvalue weighted by molar-refractivity contribution is -0.140. The van der Waals surface area contributed by atoms with Gasteiger partial charge < -0.3 is 5.32 Å². The maximum atomic E-state index is 14.0. The molecule has 0 fully saturated rings. The summed E-state index contributed by atoms with van der Waals surface area (Å²) in [5.74, 6) is -4.84. The zero-order valence-electron chi connectivity index (χ0n) is 16.0. The number of nitrogens with one attached hydrogen (secondary N) is 1. The van der Waals surface area contributed by atoms with E-state index >= 15 is 0 Å². The Morgan fingerprint density at radius 1 is 1.07 bits per heavy atom. The first-order valence-corrected chi connectivity index (χ1v) is 9.19. The SMILES string of the molecule is Cc1cc(NC2CCc3cc(C(F)(F)F)c(F)cc3C2)n2nc(C(C)(F)F)nc2n1. The lowest BCUT2D eigenvalue weighted by atomic mass is 9.87. The highest BCUT2D eigenvalue weighted by Gasteiger charge is 2.36. The van der Waals surface area contributed by atoms with Crippen LogP contribution >= 0.6 is 0 Å². The Balaban J connectivity index is 1.63. The third-order valence-electron chi connectivity index (χ3n) is 5.01. The molecule has 1 N–H and O–H groups in total. The zero-order valence-corrected chi connectivity index (χ0v) is 16.0. The highest BCUT2D eigenvalue weighted by atomic mass is 19.4. The van der Waals surface area contributed by atoms with Gasteiger partial charge in [0.05, 0.1) is 5.56 Å². The van der Waals surface area contributed by atoms with Gasteiger partial charge in [-0.1, -0.05) is 0 Å². The minimum Gasteiger partial charge on any atom is -0.367 e. The van der Waals surface area contributed by atoms with Gasteiger partial charge in [-0.3, -0.25) is 0 Å². The van der Waals surface area contributed by atoms with Gasteiger partial charge in [0.2, 0.25) is 5.82 Å². The Kier molecular flexibility index (Phi) is 4.66. The fourth-order valence-electron chi connectivity index (χ4n) is 3.60. The lowest BCUT2D eigenvalue weighted by Gasteiger charge is -2.27. The third kappa shape index (κ3) is 3.80. The van der Waals surface area contributed by atoms with Crippen molar-refractivity contribution in [2.24, 2.45) is 0 Å². The quantitative estimate of drug-likeness (QED) is 0.615. The van der Waals surface area contributed by atoms with E-state index in [0.29, 0.717) is 42.4 Å². The second-order valence-electron chi connectivity index (χ2n) is 7.50. The van der Waals surface area contributed by atoms with Crippen molar-refractivity contribution in [2.45, 2.75) is 51.3 Å². The molecule has 1 atom stereocenters. The maximum Gasteiger partial charge on any atom is 0.419 e. The minimum absolute atomic E-state index is 0.00565. The van der Waals surface area contributed by atoms with Crippen LogP contribution in [0.5, 0.6) is 0 Å². The number of benzene rings is 1. The van der Waals surface area contributed by atoms with E-state index in [2.05, 4.69) is 20.4 Å². The van der Waals surface area contributed by atoms with Gasteiger partial charge in [-0.15, -0.1) is 5.10 Å². The molecule has 5 nitrogen and oxygen atoms in total. The molecule has 0 radical (unpaired) electrons. The third-order valence-corrected chi connectivity index (χ3v) is 5.01. The number of anilines is 1. The molecular formula is C19H17F6N5. The largest absolute Gasteiger partial charge is 0.419 e. The van der Waals surface area contributed by atoms with Gasteiger partial charge in [-0.05, 0) is 49.4 Å². The minimum atomic E-state index is -4.75. The number of halogens is 6. The lowest BCUT2D eigenvalue weighted by Crippen LogP contribution is -2.29. The summed E-state index contributed by atoms with van der Waals surface area (Å²) in [6.45, 7) is 2.36. The van der Waals surface area contributed by atoms with Crippen LogP contribution in [0.25, 0.3) is 5.78 Å². The first kappa shape index (κ1) is 20.4. The average molecular weight is 429 g/mol. The van der Waals surface area contributed by atoms with E-state index in [1.54, 1.807) is 13.0 Å². The number of fused-ring (bicyclic) bond motifs is 2. The summed E-state index contributed by atoms with van der Waals surface area (Å²) in [6, 6.07) is 3.14. The van der Waals surface area contributed by atoms with Crippen molar-refractivity contribution in [1.29, 1.82) is 0 Å². The number of hydrogen-bond acceptors (Lipinski definition) is 4. The molecule has 0 aliphatic heterocycles. The van der Waals surface area contributed by atoms with E-state index in [1.165, 1.54) is 4.52 Å². The Morgan fingerprint density at radius 2 is 1.80 bits per heavy atom. The molecule has 1 aliphatic carbocycles. The molecule has 1 unspecified atom stereocenters. The van der Waals surface area contributed by atoms with Crippen LogP contribution in [0.2, 0.25) is 0 Å². The number of aryl methyl sites for hydroxylation is 2. The molecule has 0 saturated heterocycles. The number of hydrogen-bond donors (Lipinski definition) is 1. The molecule has 1 aromatic carbocycles. The molecule has 0 amide bonds. The molecule has 0 saturated carbocycles. The molecular weight excluding hydrogens is 412 g/mol. The second kappa shape index (κ2) is 6.85. The summed E-state index contributed by atoms with van der Waals surface area (Å²) in [4.78, 5) is 7.88. The molecule has 4 rings (SSSR count). The molecule has 160 valence electrons. The zero-order chi connectivity index (χ0) is 21.8. The van der Waals surface area contributed by atoms with Gasteiger partial charge in [0.25, 0.3) is 5.78 Å². The van der Waals surface area contributed by atoms with Crippen molar-refractivity contribution in [3.05, 3.63) is 52.2 Å². The van der Waals surface area contributed by atoms with Crippen molar-refractivity contribution >= 4 is 11.6 Å². The van der Waals surface area contributed by atoms with Gasteiger partial charge >= 0.3 is 12.1 Å². The molecule has 2 heterocycles. The number of alkyl halides is 5. The molecule has 11 heteroatoms. The normalized spacial score (nSPS) is 17.3. The fourth-order valence-corrected chi connectivity index (χ4v) is 3.60. The van der Waals surface area contributed by atoms with Gasteiger partial charge in [0.15, 0.2) is 0 Å². The van der Waals surface area contributed by atoms with Gasteiger partial charge in [-0.2, -0.15) is 31.5 Å². The highest BCUT2D eigenvalue weighted by Crippen LogP contribution is 2.35. The average Bonchev–Trinajstić information content (AvgIpc) is 3.04. The predicted molar refractivity (Wildman–Crippen MR) is 95.9 cm³/mol. The van der Waals surface area contributed by atoms with Gasteiger partial charge in [-0.25, -0.2) is 9.37 Å². The number of rotatable bonds is 3. The standard InChI is InChI=1S/C19H17F6N5/c1-9-5-15(30-17(26-9)28-16(29-30)18(2,21)22)27-12-4-3-10-7-13(19(23,24)25)14(20)8-11(10)6-12/h5,7-8,12,27H,3-4,6H2,1-2H3. The van der Waals surface area contributed by atoms with Gasteiger partial charge in [0, 0.05) is 24.7 Å². The monoisotopic (exact) mass is 429 g/mol. The van der Waals surface area contributed by atoms with E-state index in [9.17, 15) is 26.3 Å². The van der Waals surface area contributed by atoms with Crippen molar-refractivity contribution in [2.75, 3.05) is 5.32 Å². The Hall–Kier alpha value is -2.85. The van der Waals surface area contributed by atoms with Crippen LogP contribution in [0, 0.1) is 12.7 Å². The molecule has 2 aromatic heterocycles. The van der Waals surface area contributed by atoms with E-state index < -0.39 is 29.3 Å². The summed E-state index contributed by atoms with van der Waals surface area (Å²) in [6.07, 6.45) is -3.68. The van der Waals surface area contributed by atoms with Gasteiger partial charge in [0.1, 0.15) is 11.6 Å². The van der Waals surface area contributed by atoms with E-state index in [4.69, 9.17) is 0 Å². The van der Waals surface area contributed by atoms with E-state index in [-0.39, 0.29) is 18.2 Å². The van der Waals surface area contributed by atoms with Crippen LogP contribution in [0.15, 0.2) is 18.2 Å². The van der Waals surface area contributed by atoms with Crippen LogP contribution < -0.4 is 5.32 Å². The molecule has 0 spiro atoms. The van der Waals surface area contributed by atoms with Crippen molar-refractivity contribution in [1.82, 2.24) is 19.6 Å². The number of nitrogens with zero attached hydrogens (tertiary/aromatic N) is 4. The topological polar surface area (TPSA) is 55.1 Å². The fraction of sp³-hybridized carbons (Fsp3) is 0.421. The molecule has 1 aliphatic rings.